The van der Waals surface area contributed by atoms with Crippen molar-refractivity contribution < 1.29 is 8.83 Å². The van der Waals surface area contributed by atoms with Gasteiger partial charge in [-0.2, -0.15) is 0 Å². The number of nitrogens with zero attached hydrogens (tertiary/aromatic N) is 3. The van der Waals surface area contributed by atoms with Crippen LogP contribution in [-0.2, 0) is 5.41 Å². The average Bonchev–Trinajstić information content (AvgIpc) is 4.23. The van der Waals surface area contributed by atoms with Crippen molar-refractivity contribution >= 4 is 75.4 Å². The first-order valence-corrected chi connectivity index (χ1v) is 24.5. The van der Waals surface area contributed by atoms with E-state index in [4.69, 9.17) is 23.8 Å². The van der Waals surface area contributed by atoms with Crippen molar-refractivity contribution in [2.24, 2.45) is 0 Å². The van der Waals surface area contributed by atoms with Crippen molar-refractivity contribution in [1.29, 1.82) is 0 Å². The van der Waals surface area contributed by atoms with Crippen molar-refractivity contribution in [3.8, 4) is 67.5 Å². The van der Waals surface area contributed by atoms with E-state index in [1.807, 2.05) is 65.9 Å². The van der Waals surface area contributed by atoms with E-state index in [0.717, 1.165) is 71.7 Å². The highest BCUT2D eigenvalue weighted by atomic mass is 32.1. The summed E-state index contributed by atoms with van der Waals surface area (Å²) >= 11 is 1.88. The zero-order chi connectivity index (χ0) is 45.7. The third-order valence-corrected chi connectivity index (χ3v) is 16.1. The van der Waals surface area contributed by atoms with Gasteiger partial charge in [0.15, 0.2) is 17.5 Å². The standard InChI is InChI=1S/C64H35N3O2S/c1-2-13-36(14-3-1)61-65-62(67-63(66-61)40-25-27-44-43-19-6-10-23-53(43)69-56(44)33-40)39-16-12-15-37(31-39)38-26-29-54-49(32-38)59-55(68-54)30-28-46-47-34-48-45-20-7-11-24-57(45)70-58(48)35-52(47)64(60(46)59)50-21-8-4-17-41(50)42-18-5-9-22-51(42)64/h1-35H. The molecule has 70 heavy (non-hydrogen) atoms. The molecule has 1 spiro atoms. The van der Waals surface area contributed by atoms with E-state index in [0.29, 0.717) is 17.5 Å². The molecule has 16 rings (SSSR count). The number of thiophene rings is 1. The molecule has 4 heterocycles. The molecule has 0 unspecified atom stereocenters. The molecule has 2 aliphatic rings. The lowest BCUT2D eigenvalue weighted by atomic mass is 9.69. The Morgan fingerprint density at radius 1 is 0.314 bits per heavy atom. The molecule has 5 nitrogen and oxygen atoms in total. The molecule has 0 fully saturated rings. The van der Waals surface area contributed by atoms with E-state index in [-0.39, 0.29) is 0 Å². The Bertz CT molecular complexity index is 4510. The maximum atomic E-state index is 6.88. The second-order valence-corrected chi connectivity index (χ2v) is 19.7. The van der Waals surface area contributed by atoms with Gasteiger partial charge in [0.05, 0.1) is 5.41 Å². The van der Waals surface area contributed by atoms with Crippen LogP contribution in [0, 0.1) is 0 Å². The SMILES string of the molecule is c1ccc(-c2nc(-c3cccc(-c4ccc5oc6ccc7c(c6c5c4)C4(c5ccccc5-c5ccccc54)c4cc5sc6ccccc6c5cc4-7)c3)nc(-c3ccc4c(c3)oc3ccccc34)n2)cc1. The van der Waals surface area contributed by atoms with Crippen LogP contribution in [-0.4, -0.2) is 15.0 Å². The average molecular weight is 910 g/mol. The van der Waals surface area contributed by atoms with Gasteiger partial charge in [0.2, 0.25) is 0 Å². The molecule has 6 heteroatoms. The highest BCUT2D eigenvalue weighted by Gasteiger charge is 2.53. The van der Waals surface area contributed by atoms with Crippen LogP contribution in [0.25, 0.3) is 132 Å². The number of para-hydroxylation sites is 1. The first-order chi connectivity index (χ1) is 34.7. The Morgan fingerprint density at radius 3 is 1.74 bits per heavy atom. The minimum Gasteiger partial charge on any atom is -0.456 e. The molecule has 14 aromatic rings. The third-order valence-electron chi connectivity index (χ3n) is 14.9. The van der Waals surface area contributed by atoms with Crippen LogP contribution in [0.5, 0.6) is 0 Å². The van der Waals surface area contributed by atoms with E-state index in [9.17, 15) is 0 Å². The normalized spacial score (nSPS) is 13.3. The summed E-state index contributed by atoms with van der Waals surface area (Å²) in [6, 6.07) is 76.0. The summed E-state index contributed by atoms with van der Waals surface area (Å²) < 4.78 is 15.8. The van der Waals surface area contributed by atoms with Crippen LogP contribution in [0.2, 0.25) is 0 Å². The van der Waals surface area contributed by atoms with E-state index >= 15 is 0 Å². The van der Waals surface area contributed by atoms with Crippen LogP contribution in [0.15, 0.2) is 221 Å². The van der Waals surface area contributed by atoms with E-state index < -0.39 is 5.41 Å². The molecule has 0 radical (unpaired) electrons. The molecule has 0 N–H and O–H groups in total. The summed E-state index contributed by atoms with van der Waals surface area (Å²) in [6.07, 6.45) is 0. The zero-order valence-electron chi connectivity index (χ0n) is 37.3. The van der Waals surface area contributed by atoms with Gasteiger partial charge < -0.3 is 8.83 Å². The third kappa shape index (κ3) is 5.17. The molecule has 2 aliphatic carbocycles. The number of hydrogen-bond acceptors (Lipinski definition) is 6. The van der Waals surface area contributed by atoms with E-state index in [1.54, 1.807) is 0 Å². The van der Waals surface area contributed by atoms with Crippen molar-refractivity contribution in [2.45, 2.75) is 5.41 Å². The summed E-state index contributed by atoms with van der Waals surface area (Å²) in [4.78, 5) is 15.3. The summed E-state index contributed by atoms with van der Waals surface area (Å²) in [5.74, 6) is 1.78. The Kier molecular flexibility index (Phi) is 7.63. The number of hydrogen-bond donors (Lipinski definition) is 0. The maximum absolute atomic E-state index is 6.88. The van der Waals surface area contributed by atoms with Crippen LogP contribution < -0.4 is 0 Å². The van der Waals surface area contributed by atoms with Gasteiger partial charge in [0.25, 0.3) is 0 Å². The fourth-order valence-corrected chi connectivity index (χ4v) is 13.1. The van der Waals surface area contributed by atoms with Crippen LogP contribution in [0.4, 0.5) is 0 Å². The summed E-state index contributed by atoms with van der Waals surface area (Å²) in [5, 5.41) is 6.98. The molecular formula is C64H35N3O2S. The minimum atomic E-state index is -0.559. The maximum Gasteiger partial charge on any atom is 0.164 e. The van der Waals surface area contributed by atoms with Crippen LogP contribution >= 0.6 is 11.3 Å². The highest BCUT2D eigenvalue weighted by molar-refractivity contribution is 7.25. The predicted octanol–water partition coefficient (Wildman–Crippen LogP) is 17.0. The fraction of sp³-hybridized carbons (Fsp3) is 0.0156. The highest BCUT2D eigenvalue weighted by Crippen LogP contribution is 2.65. The number of benzene rings is 10. The predicted molar refractivity (Wildman–Crippen MR) is 285 cm³/mol. The molecule has 4 aromatic heterocycles. The van der Waals surface area contributed by atoms with Gasteiger partial charge in [-0.3, -0.25) is 0 Å². The van der Waals surface area contributed by atoms with Gasteiger partial charge in [-0.1, -0.05) is 152 Å². The molecule has 0 aliphatic heterocycles. The van der Waals surface area contributed by atoms with Crippen molar-refractivity contribution in [1.82, 2.24) is 15.0 Å². The van der Waals surface area contributed by atoms with Crippen molar-refractivity contribution in [3.05, 3.63) is 235 Å². The molecule has 0 atom stereocenters. The van der Waals surface area contributed by atoms with Crippen molar-refractivity contribution in [2.75, 3.05) is 0 Å². The monoisotopic (exact) mass is 909 g/mol. The second-order valence-electron chi connectivity index (χ2n) is 18.6. The quantitative estimate of drug-likeness (QED) is 0.176. The van der Waals surface area contributed by atoms with E-state index in [1.165, 1.54) is 64.7 Å². The lowest BCUT2D eigenvalue weighted by Gasteiger charge is -2.31. The molecule has 0 saturated carbocycles. The Balaban J connectivity index is 0.895. The molecule has 324 valence electrons. The molecule has 10 aromatic carbocycles. The van der Waals surface area contributed by atoms with E-state index in [2.05, 4.69) is 158 Å². The molecular weight excluding hydrogens is 875 g/mol. The lowest BCUT2D eigenvalue weighted by molar-refractivity contribution is 0.668. The topological polar surface area (TPSA) is 65.0 Å². The summed E-state index contributed by atoms with van der Waals surface area (Å²) in [7, 11) is 0. The Morgan fingerprint density at radius 2 is 0.914 bits per heavy atom. The largest absolute Gasteiger partial charge is 0.456 e. The van der Waals surface area contributed by atoms with Gasteiger partial charge >= 0.3 is 0 Å². The number of fused-ring (bicyclic) bond motifs is 20. The first kappa shape index (κ1) is 38.0. The van der Waals surface area contributed by atoms with Gasteiger partial charge in [-0.05, 0) is 116 Å². The lowest BCUT2D eigenvalue weighted by Crippen LogP contribution is -2.26. The van der Waals surface area contributed by atoms with Gasteiger partial charge in [-0.25, -0.2) is 15.0 Å². The second kappa shape index (κ2) is 14.0. The zero-order valence-corrected chi connectivity index (χ0v) is 38.1. The number of furan rings is 2. The fourth-order valence-electron chi connectivity index (χ4n) is 11.9. The number of aromatic nitrogens is 3. The van der Waals surface area contributed by atoms with Gasteiger partial charge in [0.1, 0.15) is 22.3 Å². The van der Waals surface area contributed by atoms with Crippen LogP contribution in [0.3, 0.4) is 0 Å². The molecule has 0 amide bonds. The number of rotatable bonds is 4. The van der Waals surface area contributed by atoms with Crippen LogP contribution in [0.1, 0.15) is 22.3 Å². The summed E-state index contributed by atoms with van der Waals surface area (Å²) in [5.41, 5.74) is 17.9. The van der Waals surface area contributed by atoms with Crippen molar-refractivity contribution in [3.63, 3.8) is 0 Å². The Hall–Kier alpha value is -8.97. The summed E-state index contributed by atoms with van der Waals surface area (Å²) in [6.45, 7) is 0. The first-order valence-electron chi connectivity index (χ1n) is 23.6. The molecule has 0 bridgehead atoms. The smallest absolute Gasteiger partial charge is 0.164 e. The molecule has 0 saturated heterocycles. The van der Waals surface area contributed by atoms with Gasteiger partial charge in [-0.15, -0.1) is 11.3 Å². The van der Waals surface area contributed by atoms with Gasteiger partial charge in [0, 0.05) is 58.4 Å². The minimum absolute atomic E-state index is 0.559. The Labute approximate surface area is 404 Å².